The van der Waals surface area contributed by atoms with Crippen LogP contribution < -0.4 is 10.6 Å². The van der Waals surface area contributed by atoms with Crippen molar-refractivity contribution in [3.63, 3.8) is 0 Å². The lowest BCUT2D eigenvalue weighted by Crippen LogP contribution is -2.51. The Labute approximate surface area is 324 Å². The Hall–Kier alpha value is -5.16. The van der Waals surface area contributed by atoms with Gasteiger partial charge in [0.1, 0.15) is 23.7 Å². The molecule has 2 aliphatic rings. The Morgan fingerprint density at radius 1 is 0.709 bits per heavy atom. The van der Waals surface area contributed by atoms with Crippen LogP contribution in [0.1, 0.15) is 84.0 Å². The lowest BCUT2D eigenvalue weighted by atomic mass is 10.0. The van der Waals surface area contributed by atoms with Crippen LogP contribution in [0.3, 0.4) is 0 Å². The number of hydrogen-bond acceptors (Lipinski definition) is 11. The lowest BCUT2D eigenvalue weighted by molar-refractivity contribution is -0.138. The number of H-pyrrole nitrogens is 2. The standard InChI is InChI=1S/C38H44N10O5S2/c1-17(2)26(39-19(5)49)36(50)47-15-7-9-24(47)32-40-20-11-13-22-30(28(20)44-32)54-34(42-22)35-43-23-14-12-21-29(31(23)55-35)45-33(41-21)25-10-8-16-48(25)37(51)27(18(3)4)46-38(52)53-6/h11-14,17-18,24-27H,7-10,15-16H2,1-6H3,(H,39,49)(H,40,44)(H,41,45)(H,46,52)/t24-,25-,26-,27-/m0/s1. The zero-order chi connectivity index (χ0) is 38.7. The number of aromatic amines is 2. The molecule has 6 aromatic rings. The van der Waals surface area contributed by atoms with Crippen LogP contribution in [0.5, 0.6) is 0 Å². The Morgan fingerprint density at radius 3 is 1.56 bits per heavy atom. The van der Waals surface area contributed by atoms with Crippen molar-refractivity contribution in [3.8, 4) is 10.0 Å². The number of benzene rings is 2. The number of nitrogens with zero attached hydrogens (tertiary/aromatic N) is 6. The largest absolute Gasteiger partial charge is 0.453 e. The first kappa shape index (κ1) is 36.8. The molecule has 15 nitrogen and oxygen atoms in total. The average molecular weight is 785 g/mol. The van der Waals surface area contributed by atoms with E-state index < -0.39 is 18.2 Å². The molecule has 2 saturated heterocycles. The maximum Gasteiger partial charge on any atom is 0.407 e. The number of aromatic nitrogens is 6. The van der Waals surface area contributed by atoms with Crippen molar-refractivity contribution < 1.29 is 23.9 Å². The number of amides is 4. The normalized spacial score (nSPS) is 18.7. The van der Waals surface area contributed by atoms with Gasteiger partial charge in [0, 0.05) is 20.0 Å². The predicted octanol–water partition coefficient (Wildman–Crippen LogP) is 6.19. The predicted molar refractivity (Wildman–Crippen MR) is 212 cm³/mol. The van der Waals surface area contributed by atoms with Gasteiger partial charge in [0.15, 0.2) is 10.0 Å². The summed E-state index contributed by atoms with van der Waals surface area (Å²) in [6, 6.07) is 6.06. The zero-order valence-corrected chi connectivity index (χ0v) is 33.2. The third kappa shape index (κ3) is 6.66. The highest BCUT2D eigenvalue weighted by Gasteiger charge is 2.39. The molecule has 0 radical (unpaired) electrons. The van der Waals surface area contributed by atoms with E-state index in [1.807, 2.05) is 61.8 Å². The molecule has 2 fully saturated rings. The van der Waals surface area contributed by atoms with E-state index in [1.165, 1.54) is 14.0 Å². The van der Waals surface area contributed by atoms with Crippen LogP contribution >= 0.6 is 22.7 Å². The first-order valence-electron chi connectivity index (χ1n) is 18.7. The summed E-state index contributed by atoms with van der Waals surface area (Å²) < 4.78 is 6.69. The minimum atomic E-state index is -0.711. The molecule has 0 unspecified atom stereocenters. The summed E-state index contributed by atoms with van der Waals surface area (Å²) in [6.45, 7) is 10.3. The van der Waals surface area contributed by atoms with Crippen molar-refractivity contribution in [1.82, 2.24) is 50.3 Å². The molecule has 0 aliphatic carbocycles. The maximum atomic E-state index is 13.7. The number of alkyl carbamates (subject to hydrolysis) is 1. The molecule has 8 rings (SSSR count). The highest BCUT2D eigenvalue weighted by atomic mass is 32.1. The summed E-state index contributed by atoms with van der Waals surface area (Å²) >= 11 is 3.09. The number of nitrogens with one attached hydrogen (secondary N) is 4. The van der Waals surface area contributed by atoms with Gasteiger partial charge in [-0.2, -0.15) is 0 Å². The van der Waals surface area contributed by atoms with E-state index in [4.69, 9.17) is 24.7 Å². The Bertz CT molecular complexity index is 2460. The summed E-state index contributed by atoms with van der Waals surface area (Å²) in [5.41, 5.74) is 4.97. The summed E-state index contributed by atoms with van der Waals surface area (Å²) in [5.74, 6) is 0.797. The number of imidazole rings is 2. The smallest absolute Gasteiger partial charge is 0.407 e. The minimum absolute atomic E-state index is 0.0494. The van der Waals surface area contributed by atoms with E-state index in [2.05, 4.69) is 20.6 Å². The number of carbonyl (C=O) groups excluding carboxylic acids is 4. The molecule has 4 amide bonds. The van der Waals surface area contributed by atoms with Crippen LogP contribution in [0.4, 0.5) is 4.79 Å². The SMILES string of the molecule is COC(=O)N[C@H](C(=O)N1CCC[C@H]1c1nc2ccc3nc(-c4nc5ccc6nc([C@@H]7CCCN7C(=O)[C@@H](NC(C)=O)C(C)C)[nH]c6c5s4)sc3c2[nH]1)C(C)C. The molecule has 4 atom stereocenters. The Kier molecular flexibility index (Phi) is 9.69. The van der Waals surface area contributed by atoms with Crippen LogP contribution in [0.25, 0.3) is 52.5 Å². The van der Waals surface area contributed by atoms with E-state index >= 15 is 0 Å². The van der Waals surface area contributed by atoms with Crippen molar-refractivity contribution in [2.75, 3.05) is 20.2 Å². The van der Waals surface area contributed by atoms with E-state index in [1.54, 1.807) is 22.7 Å². The molecule has 0 saturated carbocycles. The Morgan fingerprint density at radius 2 is 1.15 bits per heavy atom. The molecule has 4 N–H and O–H groups in total. The average Bonchev–Trinajstić information content (AvgIpc) is 3.99. The van der Waals surface area contributed by atoms with Crippen molar-refractivity contribution in [1.29, 1.82) is 0 Å². The second-order valence-electron chi connectivity index (χ2n) is 15.1. The third-order valence-electron chi connectivity index (χ3n) is 10.6. The molecule has 17 heteroatoms. The van der Waals surface area contributed by atoms with Gasteiger partial charge >= 0.3 is 6.09 Å². The van der Waals surface area contributed by atoms with Crippen molar-refractivity contribution in [3.05, 3.63) is 35.9 Å². The number of hydrogen-bond donors (Lipinski definition) is 4. The molecule has 6 heterocycles. The van der Waals surface area contributed by atoms with Gasteiger partial charge < -0.3 is 35.1 Å². The van der Waals surface area contributed by atoms with E-state index in [0.29, 0.717) is 18.9 Å². The number of rotatable bonds is 9. The topological polar surface area (TPSA) is 191 Å². The second-order valence-corrected chi connectivity index (χ2v) is 17.1. The van der Waals surface area contributed by atoms with Crippen molar-refractivity contribution in [2.24, 2.45) is 11.8 Å². The van der Waals surface area contributed by atoms with Gasteiger partial charge in [-0.3, -0.25) is 14.4 Å². The number of methoxy groups -OCH3 is 1. The fourth-order valence-electron chi connectivity index (χ4n) is 7.88. The fraction of sp³-hybridized carbons (Fsp3) is 0.474. The van der Waals surface area contributed by atoms with Crippen LogP contribution in [0.15, 0.2) is 24.3 Å². The Balaban J connectivity index is 1.08. The first-order chi connectivity index (χ1) is 26.4. The van der Waals surface area contributed by atoms with E-state index in [0.717, 1.165) is 84.0 Å². The minimum Gasteiger partial charge on any atom is -0.453 e. The monoisotopic (exact) mass is 784 g/mol. The number of fused-ring (bicyclic) bond motifs is 6. The maximum absolute atomic E-state index is 13.7. The molecule has 4 aromatic heterocycles. The van der Waals surface area contributed by atoms with Crippen LogP contribution in [0.2, 0.25) is 0 Å². The fourth-order valence-corrected chi connectivity index (χ4v) is 10.0. The molecule has 0 spiro atoms. The third-order valence-corrected chi connectivity index (χ3v) is 12.9. The molecular weight excluding hydrogens is 741 g/mol. The highest BCUT2D eigenvalue weighted by molar-refractivity contribution is 7.28. The number of thiazole rings is 2. The summed E-state index contributed by atoms with van der Waals surface area (Å²) in [5, 5.41) is 7.12. The van der Waals surface area contributed by atoms with Crippen LogP contribution in [0, 0.1) is 11.8 Å². The molecule has 55 heavy (non-hydrogen) atoms. The summed E-state index contributed by atoms with van der Waals surface area (Å²) in [7, 11) is 1.29. The number of carbonyl (C=O) groups is 4. The molecule has 0 bridgehead atoms. The van der Waals surface area contributed by atoms with Gasteiger partial charge in [-0.15, -0.1) is 22.7 Å². The number of ether oxygens (including phenoxy) is 1. The van der Waals surface area contributed by atoms with Gasteiger partial charge in [0.2, 0.25) is 17.7 Å². The van der Waals surface area contributed by atoms with Crippen LogP contribution in [-0.2, 0) is 19.1 Å². The summed E-state index contributed by atoms with van der Waals surface area (Å²) in [4.78, 5) is 81.9. The molecule has 288 valence electrons. The van der Waals surface area contributed by atoms with E-state index in [9.17, 15) is 19.2 Å². The van der Waals surface area contributed by atoms with Gasteiger partial charge in [-0.05, 0) is 61.8 Å². The zero-order valence-electron chi connectivity index (χ0n) is 31.6. The quantitative estimate of drug-likeness (QED) is 0.132. The van der Waals surface area contributed by atoms with Gasteiger partial charge in [-0.25, -0.2) is 24.7 Å². The van der Waals surface area contributed by atoms with Crippen LogP contribution in [-0.4, -0.2) is 95.8 Å². The van der Waals surface area contributed by atoms with E-state index in [-0.39, 0.29) is 41.6 Å². The second kappa shape index (κ2) is 14.5. The van der Waals surface area contributed by atoms with Crippen molar-refractivity contribution in [2.45, 2.75) is 84.5 Å². The van der Waals surface area contributed by atoms with Crippen molar-refractivity contribution >= 4 is 89.0 Å². The molecule has 2 aliphatic heterocycles. The van der Waals surface area contributed by atoms with Gasteiger partial charge in [0.25, 0.3) is 0 Å². The van der Waals surface area contributed by atoms with Gasteiger partial charge in [0.05, 0.1) is 61.7 Å². The molecular formula is C38H44N10O5S2. The summed E-state index contributed by atoms with van der Waals surface area (Å²) in [6.07, 6.45) is 2.58. The highest BCUT2D eigenvalue weighted by Crippen LogP contribution is 2.41. The lowest BCUT2D eigenvalue weighted by Gasteiger charge is -2.30. The molecule has 2 aromatic carbocycles. The number of likely N-dealkylation sites (tertiary alicyclic amines) is 2. The van der Waals surface area contributed by atoms with Gasteiger partial charge in [-0.1, -0.05) is 27.7 Å². The first-order valence-corrected chi connectivity index (χ1v) is 20.4.